The van der Waals surface area contributed by atoms with Gasteiger partial charge in [-0.05, 0) is 0 Å². The number of oxime groups is 1. The van der Waals surface area contributed by atoms with Crippen LogP contribution in [0.1, 0.15) is 6.42 Å². The normalized spacial score (nSPS) is 23.7. The van der Waals surface area contributed by atoms with Gasteiger partial charge in [0.1, 0.15) is 5.84 Å². The first kappa shape index (κ1) is 11.2. The molecule has 1 unspecified atom stereocenters. The lowest BCUT2D eigenvalue weighted by Crippen LogP contribution is -2.38. The maximum atomic E-state index is 8.27. The Bertz CT molecular complexity index is 181. The summed E-state index contributed by atoms with van der Waals surface area (Å²) in [5, 5.41) is 14.3. The number of hydrogen-bond donors (Lipinski definition) is 3. The number of rotatable bonds is 5. The van der Waals surface area contributed by atoms with Gasteiger partial charge in [-0.15, -0.1) is 0 Å². The molecule has 0 aromatic rings. The number of nitrogens with one attached hydrogen (secondary N) is 1. The highest BCUT2D eigenvalue weighted by atomic mass is 16.6. The van der Waals surface area contributed by atoms with Crippen molar-refractivity contribution in [3.05, 3.63) is 0 Å². The monoisotopic (exact) mass is 203 g/mol. The number of amidine groups is 1. The molecule has 0 aromatic carbocycles. The third kappa shape index (κ3) is 4.40. The highest BCUT2D eigenvalue weighted by Crippen LogP contribution is 1.98. The topological polar surface area (TPSA) is 89.1 Å². The van der Waals surface area contributed by atoms with Gasteiger partial charge in [0.2, 0.25) is 0 Å². The molecule has 6 nitrogen and oxygen atoms in total. The first-order chi connectivity index (χ1) is 6.83. The van der Waals surface area contributed by atoms with E-state index in [0.29, 0.717) is 32.8 Å². The van der Waals surface area contributed by atoms with Gasteiger partial charge < -0.3 is 25.7 Å². The second-order valence-corrected chi connectivity index (χ2v) is 3.11. The van der Waals surface area contributed by atoms with Crippen molar-refractivity contribution in [2.45, 2.75) is 12.5 Å². The van der Waals surface area contributed by atoms with Crippen LogP contribution in [-0.4, -0.2) is 50.1 Å². The molecule has 14 heavy (non-hydrogen) atoms. The van der Waals surface area contributed by atoms with E-state index in [2.05, 4.69) is 10.5 Å². The fraction of sp³-hybridized carbons (Fsp3) is 0.875. The van der Waals surface area contributed by atoms with Crippen molar-refractivity contribution >= 4 is 5.84 Å². The zero-order chi connectivity index (χ0) is 10.2. The first-order valence-electron chi connectivity index (χ1n) is 4.69. The first-order valence-corrected chi connectivity index (χ1v) is 4.69. The van der Waals surface area contributed by atoms with Crippen molar-refractivity contribution in [2.24, 2.45) is 10.9 Å². The van der Waals surface area contributed by atoms with Gasteiger partial charge in [0.15, 0.2) is 0 Å². The lowest BCUT2D eigenvalue weighted by atomic mass is 10.3. The van der Waals surface area contributed by atoms with E-state index in [1.807, 2.05) is 0 Å². The van der Waals surface area contributed by atoms with E-state index in [4.69, 9.17) is 20.4 Å². The molecule has 1 aliphatic heterocycles. The Kier molecular flexibility index (Phi) is 5.28. The van der Waals surface area contributed by atoms with Crippen LogP contribution in [0.15, 0.2) is 5.16 Å². The minimum Gasteiger partial charge on any atom is -0.409 e. The third-order valence-corrected chi connectivity index (χ3v) is 1.94. The largest absolute Gasteiger partial charge is 0.409 e. The summed E-state index contributed by atoms with van der Waals surface area (Å²) < 4.78 is 10.6. The fourth-order valence-corrected chi connectivity index (χ4v) is 1.18. The predicted molar refractivity (Wildman–Crippen MR) is 51.5 cm³/mol. The highest BCUT2D eigenvalue weighted by molar-refractivity contribution is 5.79. The molecule has 0 saturated carbocycles. The quantitative estimate of drug-likeness (QED) is 0.178. The second-order valence-electron chi connectivity index (χ2n) is 3.11. The molecule has 6 heteroatoms. The van der Waals surface area contributed by atoms with Crippen LogP contribution in [0.2, 0.25) is 0 Å². The van der Waals surface area contributed by atoms with Crippen LogP contribution in [0.5, 0.6) is 0 Å². The number of nitrogens with zero attached hydrogens (tertiary/aromatic N) is 1. The maximum Gasteiger partial charge on any atom is 0.140 e. The lowest BCUT2D eigenvalue weighted by Gasteiger charge is -2.23. The van der Waals surface area contributed by atoms with E-state index in [1.54, 1.807) is 0 Å². The van der Waals surface area contributed by atoms with Crippen molar-refractivity contribution in [3.8, 4) is 0 Å². The van der Waals surface area contributed by atoms with Crippen LogP contribution >= 0.6 is 0 Å². The van der Waals surface area contributed by atoms with Gasteiger partial charge in [-0.1, -0.05) is 5.16 Å². The van der Waals surface area contributed by atoms with Gasteiger partial charge in [0.25, 0.3) is 0 Å². The average Bonchev–Trinajstić information content (AvgIpc) is 2.25. The molecular weight excluding hydrogens is 186 g/mol. The summed E-state index contributed by atoms with van der Waals surface area (Å²) in [6.07, 6.45) is 0.653. The molecule has 0 aliphatic carbocycles. The number of ether oxygens (including phenoxy) is 2. The Morgan fingerprint density at radius 1 is 1.57 bits per heavy atom. The summed E-state index contributed by atoms with van der Waals surface area (Å²) in [6.45, 7) is 3.39. The lowest BCUT2D eigenvalue weighted by molar-refractivity contribution is -0.0862. The molecule has 0 radical (unpaired) electrons. The van der Waals surface area contributed by atoms with Gasteiger partial charge >= 0.3 is 0 Å². The zero-order valence-corrected chi connectivity index (χ0v) is 8.11. The summed E-state index contributed by atoms with van der Waals surface area (Å²) >= 11 is 0. The van der Waals surface area contributed by atoms with Crippen LogP contribution in [-0.2, 0) is 9.47 Å². The molecule has 1 rings (SSSR count). The Morgan fingerprint density at radius 2 is 2.43 bits per heavy atom. The molecule has 1 aliphatic rings. The summed E-state index contributed by atoms with van der Waals surface area (Å²) in [4.78, 5) is 0. The zero-order valence-electron chi connectivity index (χ0n) is 8.11. The minimum absolute atomic E-state index is 0.121. The standard InChI is InChI=1S/C8H17N3O3/c9-8(11-12)1-2-10-5-7-6-13-3-4-14-7/h7,10,12H,1-6H2,(H2,9,11). The summed E-state index contributed by atoms with van der Waals surface area (Å²) in [5.74, 6) is 0.235. The summed E-state index contributed by atoms with van der Waals surface area (Å²) in [5.41, 5.74) is 5.30. The van der Waals surface area contributed by atoms with Crippen LogP contribution in [0.4, 0.5) is 0 Å². The number of hydrogen-bond acceptors (Lipinski definition) is 5. The molecule has 1 atom stereocenters. The molecule has 0 bridgehead atoms. The molecule has 0 aromatic heterocycles. The Labute approximate surface area is 83.0 Å². The van der Waals surface area contributed by atoms with E-state index in [9.17, 15) is 0 Å². The second kappa shape index (κ2) is 6.58. The van der Waals surface area contributed by atoms with Crippen molar-refractivity contribution in [2.75, 3.05) is 32.9 Å². The SMILES string of the molecule is NC(CCNCC1COCCO1)=NO. The van der Waals surface area contributed by atoms with Gasteiger partial charge in [0, 0.05) is 19.5 Å². The van der Waals surface area contributed by atoms with E-state index in [-0.39, 0.29) is 11.9 Å². The average molecular weight is 203 g/mol. The van der Waals surface area contributed by atoms with E-state index >= 15 is 0 Å². The summed E-state index contributed by atoms with van der Waals surface area (Å²) in [6, 6.07) is 0. The minimum atomic E-state index is 0.121. The Hall–Kier alpha value is -0.850. The van der Waals surface area contributed by atoms with Gasteiger partial charge in [-0.3, -0.25) is 0 Å². The molecule has 1 fully saturated rings. The summed E-state index contributed by atoms with van der Waals surface area (Å²) in [7, 11) is 0. The van der Waals surface area contributed by atoms with Crippen LogP contribution in [0.3, 0.4) is 0 Å². The molecule has 1 saturated heterocycles. The molecule has 0 spiro atoms. The van der Waals surface area contributed by atoms with Gasteiger partial charge in [-0.25, -0.2) is 0 Å². The highest BCUT2D eigenvalue weighted by Gasteiger charge is 2.12. The van der Waals surface area contributed by atoms with E-state index < -0.39 is 0 Å². The smallest absolute Gasteiger partial charge is 0.140 e. The predicted octanol–water partition coefficient (Wildman–Crippen LogP) is -0.872. The van der Waals surface area contributed by atoms with Crippen molar-refractivity contribution in [1.82, 2.24) is 5.32 Å². The molecule has 4 N–H and O–H groups in total. The van der Waals surface area contributed by atoms with Crippen molar-refractivity contribution in [1.29, 1.82) is 0 Å². The molecule has 0 amide bonds. The van der Waals surface area contributed by atoms with Gasteiger partial charge in [0.05, 0.1) is 25.9 Å². The van der Waals surface area contributed by atoms with E-state index in [0.717, 1.165) is 6.54 Å². The van der Waals surface area contributed by atoms with E-state index in [1.165, 1.54) is 0 Å². The van der Waals surface area contributed by atoms with Crippen molar-refractivity contribution in [3.63, 3.8) is 0 Å². The Balaban J connectivity index is 1.97. The number of nitrogens with two attached hydrogens (primary N) is 1. The van der Waals surface area contributed by atoms with Crippen LogP contribution < -0.4 is 11.1 Å². The van der Waals surface area contributed by atoms with Crippen LogP contribution in [0.25, 0.3) is 0 Å². The Morgan fingerprint density at radius 3 is 3.07 bits per heavy atom. The van der Waals surface area contributed by atoms with Gasteiger partial charge in [-0.2, -0.15) is 0 Å². The van der Waals surface area contributed by atoms with Crippen molar-refractivity contribution < 1.29 is 14.7 Å². The third-order valence-electron chi connectivity index (χ3n) is 1.94. The molecule has 1 heterocycles. The molecule has 82 valence electrons. The fourth-order valence-electron chi connectivity index (χ4n) is 1.18. The molecular formula is C8H17N3O3. The van der Waals surface area contributed by atoms with Crippen LogP contribution in [0, 0.1) is 0 Å². The maximum absolute atomic E-state index is 8.27.